The van der Waals surface area contributed by atoms with E-state index < -0.39 is 15.4 Å². The number of halogens is 1. The van der Waals surface area contributed by atoms with Crippen LogP contribution in [0.1, 0.15) is 25.7 Å². The Bertz CT molecular complexity index is 1000. The van der Waals surface area contributed by atoms with Crippen LogP contribution < -0.4 is 9.62 Å². The minimum Gasteiger partial charge on any atom is -0.462 e. The molecule has 1 spiro atoms. The van der Waals surface area contributed by atoms with Gasteiger partial charge in [-0.05, 0) is 37.5 Å². The summed E-state index contributed by atoms with van der Waals surface area (Å²) in [5.41, 5.74) is 0.632. The number of sulfonamides is 1. The van der Waals surface area contributed by atoms with Crippen molar-refractivity contribution in [1.82, 2.24) is 14.5 Å². The van der Waals surface area contributed by atoms with Crippen molar-refractivity contribution in [2.24, 2.45) is 5.41 Å². The van der Waals surface area contributed by atoms with Gasteiger partial charge in [-0.2, -0.15) is 0 Å². The second-order valence-electron chi connectivity index (χ2n) is 9.58. The first-order valence-electron chi connectivity index (χ1n) is 11.8. The molecule has 1 aromatic carbocycles. The number of piperidine rings is 1. The van der Waals surface area contributed by atoms with Crippen molar-refractivity contribution in [3.05, 3.63) is 29.3 Å². The second-order valence-corrected chi connectivity index (χ2v) is 11.9. The van der Waals surface area contributed by atoms with Crippen LogP contribution in [-0.2, 0) is 24.3 Å². The number of hydrogen-bond acceptors (Lipinski definition) is 7. The summed E-state index contributed by atoms with van der Waals surface area (Å²) in [5.74, 6) is -0.412. The molecule has 188 valence electrons. The highest BCUT2D eigenvalue weighted by Crippen LogP contribution is 2.44. The zero-order valence-corrected chi connectivity index (χ0v) is 21.1. The first kappa shape index (κ1) is 25.2. The maximum absolute atomic E-state index is 12.7. The average molecular weight is 513 g/mol. The quantitative estimate of drug-likeness (QED) is 0.550. The van der Waals surface area contributed by atoms with E-state index in [2.05, 4.69) is 20.6 Å². The maximum Gasteiger partial charge on any atom is 0.312 e. The number of cyclic esters (lactones) is 1. The summed E-state index contributed by atoms with van der Waals surface area (Å²) >= 11 is 6.12. The molecular weight excluding hydrogens is 480 g/mol. The van der Waals surface area contributed by atoms with E-state index in [1.807, 2.05) is 18.2 Å². The molecule has 0 radical (unpaired) electrons. The average Bonchev–Trinajstić information content (AvgIpc) is 3.11. The molecule has 1 atom stereocenters. The predicted molar refractivity (Wildman–Crippen MR) is 130 cm³/mol. The molecule has 1 amide bonds. The molecule has 34 heavy (non-hydrogen) atoms. The number of likely N-dealkylation sites (tertiary alicyclic amines) is 1. The Morgan fingerprint density at radius 3 is 2.53 bits per heavy atom. The lowest BCUT2D eigenvalue weighted by Crippen LogP contribution is -2.48. The Morgan fingerprint density at radius 1 is 1.18 bits per heavy atom. The molecule has 9 nitrogen and oxygen atoms in total. The smallest absolute Gasteiger partial charge is 0.312 e. The number of hydrogen-bond donors (Lipinski definition) is 1. The number of nitrogens with one attached hydrogen (secondary N) is 1. The monoisotopic (exact) mass is 512 g/mol. The van der Waals surface area contributed by atoms with E-state index in [1.165, 1.54) is 0 Å². The van der Waals surface area contributed by atoms with Crippen LogP contribution in [0.25, 0.3) is 0 Å². The van der Waals surface area contributed by atoms with Crippen LogP contribution in [0.5, 0.6) is 0 Å². The summed E-state index contributed by atoms with van der Waals surface area (Å²) in [7, 11) is -3.41. The van der Waals surface area contributed by atoms with Gasteiger partial charge in [0.1, 0.15) is 6.10 Å². The van der Waals surface area contributed by atoms with Crippen LogP contribution >= 0.6 is 11.6 Å². The van der Waals surface area contributed by atoms with Gasteiger partial charge in [0.15, 0.2) is 0 Å². The predicted octanol–water partition coefficient (Wildman–Crippen LogP) is 1.33. The molecule has 3 heterocycles. The summed E-state index contributed by atoms with van der Waals surface area (Å²) in [6.07, 6.45) is 3.56. The number of amides is 1. The van der Waals surface area contributed by atoms with Crippen LogP contribution in [-0.4, -0.2) is 94.8 Å². The van der Waals surface area contributed by atoms with Crippen molar-refractivity contribution in [3.8, 4) is 0 Å². The third kappa shape index (κ3) is 6.21. The Morgan fingerprint density at radius 2 is 1.88 bits per heavy atom. The summed E-state index contributed by atoms with van der Waals surface area (Å²) < 4.78 is 30.4. The highest BCUT2D eigenvalue weighted by Gasteiger charge is 2.50. The molecule has 4 rings (SSSR count). The van der Waals surface area contributed by atoms with E-state index in [-0.39, 0.29) is 24.5 Å². The molecule has 3 fully saturated rings. The number of nitrogens with zero attached hydrogens (tertiary/aromatic N) is 3. The molecule has 0 bridgehead atoms. The van der Waals surface area contributed by atoms with Crippen molar-refractivity contribution < 1.29 is 22.7 Å². The fourth-order valence-electron chi connectivity index (χ4n) is 5.12. The molecule has 3 aliphatic heterocycles. The zero-order chi connectivity index (χ0) is 24.3. The summed E-state index contributed by atoms with van der Waals surface area (Å²) in [5, 5.41) is 0.748. The van der Waals surface area contributed by atoms with E-state index in [1.54, 1.807) is 4.90 Å². The standard InChI is InChI=1S/C23H33ClN4O5S/c1-34(31,32)25-17-21(29)28-9-6-23(7-10-28)16-20(33-22(23)30)5-8-26-11-13-27(14-12-26)19-4-2-3-18(24)15-19/h2-4,15,20,25H,5-14,16-17H2,1H3. The second kappa shape index (κ2) is 10.4. The lowest BCUT2D eigenvalue weighted by atomic mass is 9.75. The number of carbonyl (C=O) groups excluding carboxylic acids is 2. The van der Waals surface area contributed by atoms with Gasteiger partial charge in [0.05, 0.1) is 18.2 Å². The van der Waals surface area contributed by atoms with Crippen LogP contribution in [0.4, 0.5) is 5.69 Å². The molecule has 1 unspecified atom stereocenters. The Labute approximate surface area is 206 Å². The van der Waals surface area contributed by atoms with Gasteiger partial charge in [0, 0.05) is 62.9 Å². The number of rotatable bonds is 7. The Hall–Kier alpha value is -1.88. The van der Waals surface area contributed by atoms with E-state index in [0.29, 0.717) is 32.4 Å². The number of ether oxygens (including phenoxy) is 1. The third-order valence-electron chi connectivity index (χ3n) is 7.20. The molecule has 0 aromatic heterocycles. The highest BCUT2D eigenvalue weighted by atomic mass is 35.5. The SMILES string of the molecule is CS(=O)(=O)NCC(=O)N1CCC2(CC1)CC(CCN1CCN(c3cccc(Cl)c3)CC1)OC2=O. The first-order valence-corrected chi connectivity index (χ1v) is 14.1. The van der Waals surface area contributed by atoms with Crippen molar-refractivity contribution in [3.63, 3.8) is 0 Å². The largest absolute Gasteiger partial charge is 0.462 e. The first-order chi connectivity index (χ1) is 16.1. The maximum atomic E-state index is 12.7. The lowest BCUT2D eigenvalue weighted by molar-refractivity contribution is -0.152. The number of piperazine rings is 1. The summed E-state index contributed by atoms with van der Waals surface area (Å²) in [4.78, 5) is 31.4. The zero-order valence-electron chi connectivity index (χ0n) is 19.5. The molecule has 1 N–H and O–H groups in total. The van der Waals surface area contributed by atoms with Crippen LogP contribution in [0, 0.1) is 5.41 Å². The van der Waals surface area contributed by atoms with E-state index in [9.17, 15) is 18.0 Å². The van der Waals surface area contributed by atoms with Gasteiger partial charge in [-0.1, -0.05) is 17.7 Å². The van der Waals surface area contributed by atoms with E-state index in [4.69, 9.17) is 16.3 Å². The van der Waals surface area contributed by atoms with Gasteiger partial charge in [-0.15, -0.1) is 0 Å². The number of carbonyl (C=O) groups is 2. The Kier molecular flexibility index (Phi) is 7.71. The number of benzene rings is 1. The summed E-state index contributed by atoms with van der Waals surface area (Å²) in [6, 6.07) is 7.94. The molecule has 0 saturated carbocycles. The van der Waals surface area contributed by atoms with Gasteiger partial charge in [-0.3, -0.25) is 14.5 Å². The van der Waals surface area contributed by atoms with Crippen LogP contribution in [0.2, 0.25) is 5.02 Å². The van der Waals surface area contributed by atoms with Gasteiger partial charge in [0.2, 0.25) is 15.9 Å². The minimum atomic E-state index is -3.41. The molecule has 1 aromatic rings. The highest BCUT2D eigenvalue weighted by molar-refractivity contribution is 7.88. The van der Waals surface area contributed by atoms with E-state index >= 15 is 0 Å². The van der Waals surface area contributed by atoms with Gasteiger partial charge < -0.3 is 14.5 Å². The minimum absolute atomic E-state index is 0.0902. The van der Waals surface area contributed by atoms with E-state index in [0.717, 1.165) is 56.1 Å². The van der Waals surface area contributed by atoms with Gasteiger partial charge >= 0.3 is 5.97 Å². The molecule has 0 aliphatic carbocycles. The van der Waals surface area contributed by atoms with Crippen LogP contribution in [0.15, 0.2) is 24.3 Å². The fourth-order valence-corrected chi connectivity index (χ4v) is 5.69. The summed E-state index contributed by atoms with van der Waals surface area (Å²) in [6.45, 7) is 5.31. The van der Waals surface area contributed by atoms with Crippen molar-refractivity contribution in [2.45, 2.75) is 31.8 Å². The Balaban J connectivity index is 1.20. The third-order valence-corrected chi connectivity index (χ3v) is 8.10. The molecule has 3 aliphatic rings. The van der Waals surface area contributed by atoms with Crippen molar-refractivity contribution in [1.29, 1.82) is 0 Å². The molecule has 3 saturated heterocycles. The molecular formula is C23H33ClN4O5S. The topological polar surface area (TPSA) is 99.3 Å². The van der Waals surface area contributed by atoms with Gasteiger partial charge in [0.25, 0.3) is 0 Å². The normalized spacial score (nSPS) is 23.4. The van der Waals surface area contributed by atoms with Crippen LogP contribution in [0.3, 0.4) is 0 Å². The molecule has 11 heteroatoms. The van der Waals surface area contributed by atoms with Gasteiger partial charge in [-0.25, -0.2) is 13.1 Å². The van der Waals surface area contributed by atoms with Crippen molar-refractivity contribution in [2.75, 3.05) is 63.5 Å². The fraction of sp³-hybridized carbons (Fsp3) is 0.652. The number of anilines is 1. The van der Waals surface area contributed by atoms with Crippen molar-refractivity contribution >= 4 is 39.2 Å². The lowest BCUT2D eigenvalue weighted by Gasteiger charge is -2.37. The number of esters is 1.